The summed E-state index contributed by atoms with van der Waals surface area (Å²) in [5.41, 5.74) is 5.37. The van der Waals surface area contributed by atoms with E-state index >= 15 is 0 Å². The summed E-state index contributed by atoms with van der Waals surface area (Å²) in [5, 5.41) is 32.9. The van der Waals surface area contributed by atoms with Gasteiger partial charge < -0.3 is 40.7 Å². The lowest BCUT2D eigenvalue weighted by atomic mass is 9.45. The van der Waals surface area contributed by atoms with Crippen LogP contribution in [0, 0.1) is 29.1 Å². The Morgan fingerprint density at radius 1 is 1.05 bits per heavy atom. The number of aliphatic hydroxyl groups is 2. The number of amides is 2. The van der Waals surface area contributed by atoms with E-state index in [-0.39, 0.29) is 36.4 Å². The molecule has 4 aliphatic rings. The molecule has 1 heterocycles. The van der Waals surface area contributed by atoms with E-state index in [1.807, 2.05) is 105 Å². The van der Waals surface area contributed by atoms with Crippen molar-refractivity contribution in [1.82, 2.24) is 20.6 Å². The molecule has 0 radical (unpaired) electrons. The summed E-state index contributed by atoms with van der Waals surface area (Å²) >= 11 is 0. The van der Waals surface area contributed by atoms with Crippen LogP contribution in [0.2, 0.25) is 0 Å². The third kappa shape index (κ3) is 8.91. The first-order valence-corrected chi connectivity index (χ1v) is 20.5. The minimum absolute atomic E-state index is 0.0264. The average molecular weight is 797 g/mol. The van der Waals surface area contributed by atoms with E-state index in [9.17, 15) is 19.8 Å². The summed E-state index contributed by atoms with van der Waals surface area (Å²) in [6.07, 6.45) is 0.434. The quantitative estimate of drug-likeness (QED) is 0.129. The summed E-state index contributed by atoms with van der Waals surface area (Å²) in [5.74, 6) is 0.868. The lowest BCUT2D eigenvalue weighted by Gasteiger charge is -2.62. The number of aliphatic hydroxyl groups excluding tert-OH is 2. The number of hydrogen-bond donors (Lipinski definition) is 5. The number of para-hydroxylation sites is 2. The normalized spacial score (nSPS) is 26.0. The first-order chi connectivity index (χ1) is 27.5. The Morgan fingerprint density at radius 2 is 1.78 bits per heavy atom. The van der Waals surface area contributed by atoms with Gasteiger partial charge in [0.15, 0.2) is 0 Å². The van der Waals surface area contributed by atoms with Crippen LogP contribution < -0.4 is 25.6 Å². The molecule has 2 bridgehead atoms. The lowest BCUT2D eigenvalue weighted by molar-refractivity contribution is -0.183. The second-order valence-electron chi connectivity index (χ2n) is 17.7. The van der Waals surface area contributed by atoms with Crippen LogP contribution in [0.4, 0.5) is 11.4 Å². The molecule has 7 rings (SSSR count). The molecule has 3 aromatic rings. The molecule has 9 atom stereocenters. The van der Waals surface area contributed by atoms with Crippen molar-refractivity contribution in [2.45, 2.75) is 77.4 Å². The summed E-state index contributed by atoms with van der Waals surface area (Å²) in [7, 11) is 9.37. The van der Waals surface area contributed by atoms with Gasteiger partial charge in [0.05, 0.1) is 32.4 Å². The van der Waals surface area contributed by atoms with Gasteiger partial charge in [-0.3, -0.25) is 14.4 Å². The molecule has 0 spiro atoms. The molecule has 12 nitrogen and oxygen atoms in total. The number of fused-ring (bicyclic) bond motifs is 2. The number of likely N-dealkylation sites (N-methyl/N-ethyl adjacent to an activating group) is 1. The zero-order chi connectivity index (χ0) is 42.1. The third-order valence-corrected chi connectivity index (χ3v) is 13.0. The molecular formula is C46H64N6O6. The molecule has 5 N–H and O–H groups in total. The van der Waals surface area contributed by atoms with E-state index in [1.54, 1.807) is 19.1 Å². The van der Waals surface area contributed by atoms with Crippen LogP contribution in [-0.2, 0) is 16.2 Å². The maximum Gasteiger partial charge on any atom is 0.251 e. The SMILES string of the molecule is C=C(Nc1ccccc1)[C@@H](CN(C)C)NC(=O)c1cc(-c2cccc(CN3O[C@@H](CO)[C@@H]([C@H](C)O)[C@H]3C(=O)N[C@H]3C[C@H]4C[C@@H]([C@@H]3C)C4(C)C)c2OC)cc(N(C)C)c1. The van der Waals surface area contributed by atoms with Crippen molar-refractivity contribution in [1.29, 1.82) is 0 Å². The standard InChI is InChI=1S/C46H64N6O6/c1-27-37-22-33(46(37,4)5)23-38(27)48-45(56)42-41(29(3)54)40(26-53)58-52(42)24-30-15-14-18-36(43(30)57-10)31-19-32(21-35(20-31)51(8)9)44(55)49-39(25-50(6)7)28(2)47-34-16-12-11-13-17-34/h11-21,27,29,33,37-42,47,53-54H,2,22-26H2,1,3-10H3,(H,48,56)(H,49,55)/t27-,29-,33+,37-,38-,39+,40-,41+,42-/m0/s1. The van der Waals surface area contributed by atoms with Gasteiger partial charge in [0.1, 0.15) is 17.9 Å². The second kappa shape index (κ2) is 17.8. The van der Waals surface area contributed by atoms with E-state index in [1.165, 1.54) is 6.42 Å². The molecule has 0 aromatic heterocycles. The largest absolute Gasteiger partial charge is 0.496 e. The number of carbonyl (C=O) groups excluding carboxylic acids is 2. The zero-order valence-corrected chi connectivity index (χ0v) is 35.7. The summed E-state index contributed by atoms with van der Waals surface area (Å²) < 4.78 is 6.11. The van der Waals surface area contributed by atoms with E-state index < -0.39 is 30.2 Å². The van der Waals surface area contributed by atoms with Crippen LogP contribution >= 0.6 is 0 Å². The highest BCUT2D eigenvalue weighted by atomic mass is 16.7. The minimum Gasteiger partial charge on any atom is -0.496 e. The number of hydroxylamine groups is 2. The van der Waals surface area contributed by atoms with Gasteiger partial charge in [-0.15, -0.1) is 0 Å². The smallest absolute Gasteiger partial charge is 0.251 e. The fourth-order valence-electron chi connectivity index (χ4n) is 9.63. The molecular weight excluding hydrogens is 733 g/mol. The van der Waals surface area contributed by atoms with Crippen molar-refractivity contribution in [3.05, 3.63) is 90.1 Å². The number of nitrogens with one attached hydrogen (secondary N) is 3. The second-order valence-corrected chi connectivity index (χ2v) is 17.7. The van der Waals surface area contributed by atoms with Crippen molar-refractivity contribution in [2.24, 2.45) is 29.1 Å². The fraction of sp³-hybridized carbons (Fsp3) is 0.522. The predicted octanol–water partition coefficient (Wildman–Crippen LogP) is 5.37. The molecule has 3 aromatic carbocycles. The fourth-order valence-corrected chi connectivity index (χ4v) is 9.63. The highest BCUT2D eigenvalue weighted by Crippen LogP contribution is 2.61. The Balaban J connectivity index is 1.28. The van der Waals surface area contributed by atoms with Gasteiger partial charge in [-0.2, -0.15) is 5.06 Å². The summed E-state index contributed by atoms with van der Waals surface area (Å²) in [6, 6.07) is 20.0. The Morgan fingerprint density at radius 3 is 2.38 bits per heavy atom. The number of hydrogen-bond acceptors (Lipinski definition) is 10. The Kier molecular flexibility index (Phi) is 13.2. The first kappa shape index (κ1) is 43.1. The van der Waals surface area contributed by atoms with E-state index in [4.69, 9.17) is 9.57 Å². The van der Waals surface area contributed by atoms with Crippen LogP contribution in [-0.4, -0.2) is 111 Å². The number of anilines is 2. The maximum atomic E-state index is 14.3. The molecule has 58 heavy (non-hydrogen) atoms. The molecule has 314 valence electrons. The van der Waals surface area contributed by atoms with Gasteiger partial charge in [-0.05, 0) is 92.9 Å². The van der Waals surface area contributed by atoms with Gasteiger partial charge in [0.25, 0.3) is 5.91 Å². The number of benzene rings is 3. The molecule has 1 saturated heterocycles. The Labute approximate surface area is 344 Å². The Hall–Kier alpha value is -4.46. The van der Waals surface area contributed by atoms with Gasteiger partial charge in [0.2, 0.25) is 5.91 Å². The molecule has 0 unspecified atom stereocenters. The summed E-state index contributed by atoms with van der Waals surface area (Å²) in [6.45, 7) is 13.2. The highest BCUT2D eigenvalue weighted by molar-refractivity contribution is 5.97. The topological polar surface area (TPSA) is 139 Å². The van der Waals surface area contributed by atoms with Gasteiger partial charge in [0, 0.05) is 66.4 Å². The lowest BCUT2D eigenvalue weighted by Crippen LogP contribution is -2.62. The van der Waals surface area contributed by atoms with E-state index in [2.05, 4.69) is 43.3 Å². The zero-order valence-electron chi connectivity index (χ0n) is 35.7. The van der Waals surface area contributed by atoms with Crippen LogP contribution in [0.5, 0.6) is 5.75 Å². The van der Waals surface area contributed by atoms with Gasteiger partial charge >= 0.3 is 0 Å². The highest BCUT2D eigenvalue weighted by Gasteiger charge is 2.57. The number of carbonyl (C=O) groups is 2. The number of methoxy groups -OCH3 is 1. The number of nitrogens with zero attached hydrogens (tertiary/aromatic N) is 3. The minimum atomic E-state index is -0.913. The molecule has 4 fully saturated rings. The van der Waals surface area contributed by atoms with Crippen LogP contribution in [0.3, 0.4) is 0 Å². The van der Waals surface area contributed by atoms with Crippen LogP contribution in [0.25, 0.3) is 11.1 Å². The molecule has 3 aliphatic carbocycles. The van der Waals surface area contributed by atoms with Crippen molar-refractivity contribution in [3.8, 4) is 16.9 Å². The van der Waals surface area contributed by atoms with Gasteiger partial charge in [-0.25, -0.2) is 0 Å². The molecule has 12 heteroatoms. The van der Waals surface area contributed by atoms with Gasteiger partial charge in [-0.1, -0.05) is 63.7 Å². The molecule has 1 aliphatic heterocycles. The molecule has 3 saturated carbocycles. The van der Waals surface area contributed by atoms with Crippen molar-refractivity contribution < 1.29 is 29.4 Å². The van der Waals surface area contributed by atoms with Crippen molar-refractivity contribution in [2.75, 3.05) is 58.7 Å². The third-order valence-electron chi connectivity index (χ3n) is 13.0. The van der Waals surface area contributed by atoms with Crippen LogP contribution in [0.1, 0.15) is 56.5 Å². The number of ether oxygens (including phenoxy) is 1. The number of rotatable bonds is 16. The molecule has 2 amide bonds. The van der Waals surface area contributed by atoms with Crippen molar-refractivity contribution in [3.63, 3.8) is 0 Å². The van der Waals surface area contributed by atoms with E-state index in [0.29, 0.717) is 41.3 Å². The van der Waals surface area contributed by atoms with Crippen molar-refractivity contribution >= 4 is 23.2 Å². The first-order valence-electron chi connectivity index (χ1n) is 20.5. The average Bonchev–Trinajstić information content (AvgIpc) is 3.56. The summed E-state index contributed by atoms with van der Waals surface area (Å²) in [4.78, 5) is 38.7. The monoisotopic (exact) mass is 796 g/mol. The predicted molar refractivity (Wildman–Crippen MR) is 229 cm³/mol. The maximum absolute atomic E-state index is 14.3. The van der Waals surface area contributed by atoms with E-state index in [0.717, 1.165) is 34.5 Å². The van der Waals surface area contributed by atoms with Crippen LogP contribution in [0.15, 0.2) is 79.0 Å². The Bertz CT molecular complexity index is 1930.